The Labute approximate surface area is 130 Å². The fraction of sp³-hybridized carbons (Fsp3) is 0.412. The maximum absolute atomic E-state index is 12.5. The fourth-order valence-corrected chi connectivity index (χ4v) is 2.99. The van der Waals surface area contributed by atoms with Gasteiger partial charge in [-0.1, -0.05) is 13.8 Å². The van der Waals surface area contributed by atoms with Crippen molar-refractivity contribution in [2.75, 3.05) is 11.9 Å². The van der Waals surface area contributed by atoms with Gasteiger partial charge < -0.3 is 10.6 Å². The van der Waals surface area contributed by atoms with Crippen LogP contribution in [0.15, 0.2) is 42.7 Å². The van der Waals surface area contributed by atoms with Crippen LogP contribution in [-0.2, 0) is 4.79 Å². The normalized spacial score (nSPS) is 20.5. The summed E-state index contributed by atoms with van der Waals surface area (Å²) in [5, 5.41) is 10.5. The van der Waals surface area contributed by atoms with Crippen molar-refractivity contribution >= 4 is 11.6 Å². The summed E-state index contributed by atoms with van der Waals surface area (Å²) in [5.41, 5.74) is 1.76. The lowest BCUT2D eigenvalue weighted by Crippen LogP contribution is -2.53. The molecule has 5 heteroatoms. The molecule has 1 aliphatic heterocycles. The summed E-state index contributed by atoms with van der Waals surface area (Å²) in [4.78, 5) is 12.5. The van der Waals surface area contributed by atoms with Crippen molar-refractivity contribution in [2.24, 2.45) is 5.41 Å². The molecule has 3 rings (SSSR count). The van der Waals surface area contributed by atoms with Crippen molar-refractivity contribution in [2.45, 2.75) is 32.7 Å². The molecule has 22 heavy (non-hydrogen) atoms. The van der Waals surface area contributed by atoms with Crippen molar-refractivity contribution in [3.63, 3.8) is 0 Å². The molecule has 116 valence electrons. The zero-order valence-electron chi connectivity index (χ0n) is 13.0. The molecule has 2 heterocycles. The molecular weight excluding hydrogens is 276 g/mol. The molecule has 1 aromatic carbocycles. The van der Waals surface area contributed by atoms with E-state index in [1.807, 2.05) is 36.5 Å². The molecule has 1 atom stereocenters. The van der Waals surface area contributed by atoms with E-state index in [4.69, 9.17) is 0 Å². The summed E-state index contributed by atoms with van der Waals surface area (Å²) < 4.78 is 1.79. The number of hydrogen-bond donors (Lipinski definition) is 2. The number of carbonyl (C=O) groups is 1. The summed E-state index contributed by atoms with van der Waals surface area (Å²) in [6.07, 6.45) is 5.82. The molecule has 5 nitrogen and oxygen atoms in total. The summed E-state index contributed by atoms with van der Waals surface area (Å²) >= 11 is 0. The van der Waals surface area contributed by atoms with Crippen LogP contribution in [-0.4, -0.2) is 28.3 Å². The van der Waals surface area contributed by atoms with Gasteiger partial charge in [0.1, 0.15) is 0 Å². The van der Waals surface area contributed by atoms with Gasteiger partial charge in [-0.25, -0.2) is 4.68 Å². The van der Waals surface area contributed by atoms with Crippen LogP contribution in [0, 0.1) is 5.41 Å². The Morgan fingerprint density at radius 1 is 1.36 bits per heavy atom. The summed E-state index contributed by atoms with van der Waals surface area (Å²) in [5.74, 6) is 0.0385. The highest BCUT2D eigenvalue weighted by molar-refractivity contribution is 5.95. The lowest BCUT2D eigenvalue weighted by atomic mass is 9.77. The van der Waals surface area contributed by atoms with Crippen LogP contribution >= 0.6 is 0 Å². The molecule has 1 amide bonds. The van der Waals surface area contributed by atoms with E-state index < -0.39 is 0 Å². The average molecular weight is 298 g/mol. The Morgan fingerprint density at radius 2 is 2.14 bits per heavy atom. The van der Waals surface area contributed by atoms with E-state index in [0.717, 1.165) is 30.8 Å². The van der Waals surface area contributed by atoms with Gasteiger partial charge in [-0.2, -0.15) is 5.10 Å². The van der Waals surface area contributed by atoms with Crippen LogP contribution in [0.3, 0.4) is 0 Å². The second-order valence-electron chi connectivity index (χ2n) is 6.47. The lowest BCUT2D eigenvalue weighted by molar-refractivity contribution is -0.121. The molecule has 2 aromatic rings. The summed E-state index contributed by atoms with van der Waals surface area (Å²) in [6.45, 7) is 5.19. The topological polar surface area (TPSA) is 59.0 Å². The van der Waals surface area contributed by atoms with Gasteiger partial charge in [0.2, 0.25) is 5.91 Å². The number of hydrogen-bond acceptors (Lipinski definition) is 3. The first-order valence-electron chi connectivity index (χ1n) is 7.71. The molecular formula is C17H22N4O. The maximum Gasteiger partial charge on any atom is 0.242 e. The van der Waals surface area contributed by atoms with Gasteiger partial charge >= 0.3 is 0 Å². The van der Waals surface area contributed by atoms with Crippen LogP contribution < -0.4 is 10.6 Å². The first-order valence-corrected chi connectivity index (χ1v) is 7.71. The van der Waals surface area contributed by atoms with Crippen molar-refractivity contribution in [3.8, 4) is 5.69 Å². The number of nitrogens with one attached hydrogen (secondary N) is 2. The van der Waals surface area contributed by atoms with Gasteiger partial charge in [-0.05, 0) is 55.1 Å². The highest BCUT2D eigenvalue weighted by Crippen LogP contribution is 2.30. The van der Waals surface area contributed by atoms with Crippen LogP contribution in [0.25, 0.3) is 5.69 Å². The highest BCUT2D eigenvalue weighted by Gasteiger charge is 2.36. The molecule has 2 N–H and O–H groups in total. The first-order chi connectivity index (χ1) is 10.6. The molecule has 1 unspecified atom stereocenters. The highest BCUT2D eigenvalue weighted by atomic mass is 16.2. The number of aromatic nitrogens is 2. The van der Waals surface area contributed by atoms with E-state index in [0.29, 0.717) is 0 Å². The third-order valence-electron chi connectivity index (χ3n) is 4.29. The predicted octanol–water partition coefficient (Wildman–Crippen LogP) is 2.59. The van der Waals surface area contributed by atoms with Crippen molar-refractivity contribution in [1.29, 1.82) is 0 Å². The third-order valence-corrected chi connectivity index (χ3v) is 4.29. The maximum atomic E-state index is 12.5. The average Bonchev–Trinajstić information content (AvgIpc) is 3.01. The number of carbonyl (C=O) groups excluding carboxylic acids is 1. The zero-order valence-corrected chi connectivity index (χ0v) is 13.0. The van der Waals surface area contributed by atoms with Crippen molar-refractivity contribution < 1.29 is 4.79 Å². The standard InChI is InChI=1S/C17H22N4O/c1-17(2)9-3-10-18-15(17)16(22)20-13-5-7-14(8-6-13)21-12-4-11-19-21/h4-8,11-12,15,18H,3,9-10H2,1-2H3,(H,20,22). The van der Waals surface area contributed by atoms with E-state index in [1.165, 1.54) is 0 Å². The van der Waals surface area contributed by atoms with E-state index in [1.54, 1.807) is 10.9 Å². The predicted molar refractivity (Wildman–Crippen MR) is 87.0 cm³/mol. The number of amides is 1. The van der Waals surface area contributed by atoms with E-state index in [2.05, 4.69) is 29.6 Å². The number of rotatable bonds is 3. The molecule has 0 radical (unpaired) electrons. The van der Waals surface area contributed by atoms with Gasteiger partial charge in [-0.3, -0.25) is 4.79 Å². The quantitative estimate of drug-likeness (QED) is 0.915. The monoisotopic (exact) mass is 298 g/mol. The molecule has 0 bridgehead atoms. The van der Waals surface area contributed by atoms with Gasteiger partial charge in [0.25, 0.3) is 0 Å². The lowest BCUT2D eigenvalue weighted by Gasteiger charge is -2.38. The second-order valence-corrected chi connectivity index (χ2v) is 6.47. The van der Waals surface area contributed by atoms with E-state index in [-0.39, 0.29) is 17.4 Å². The molecule has 0 aliphatic carbocycles. The minimum atomic E-state index is -0.146. The number of nitrogens with zero attached hydrogens (tertiary/aromatic N) is 2. The van der Waals surface area contributed by atoms with Crippen LogP contribution in [0.5, 0.6) is 0 Å². The first kappa shape index (κ1) is 14.8. The molecule has 1 fully saturated rings. The summed E-state index contributed by atoms with van der Waals surface area (Å²) in [7, 11) is 0. The largest absolute Gasteiger partial charge is 0.325 e. The van der Waals surface area contributed by atoms with Gasteiger partial charge in [0, 0.05) is 18.1 Å². The van der Waals surface area contributed by atoms with Crippen molar-refractivity contribution in [1.82, 2.24) is 15.1 Å². The van der Waals surface area contributed by atoms with E-state index in [9.17, 15) is 4.79 Å². The Kier molecular flexibility index (Phi) is 3.98. The Bertz CT molecular complexity index is 631. The number of benzene rings is 1. The Balaban J connectivity index is 1.69. The molecule has 1 aromatic heterocycles. The van der Waals surface area contributed by atoms with Gasteiger partial charge in [-0.15, -0.1) is 0 Å². The molecule has 0 saturated carbocycles. The number of piperidine rings is 1. The van der Waals surface area contributed by atoms with Crippen molar-refractivity contribution in [3.05, 3.63) is 42.7 Å². The van der Waals surface area contributed by atoms with Crippen LogP contribution in [0.1, 0.15) is 26.7 Å². The SMILES string of the molecule is CC1(C)CCCNC1C(=O)Nc1ccc(-n2cccn2)cc1. The number of anilines is 1. The minimum absolute atomic E-state index is 0.0165. The minimum Gasteiger partial charge on any atom is -0.325 e. The molecule has 0 spiro atoms. The molecule has 1 aliphatic rings. The fourth-order valence-electron chi connectivity index (χ4n) is 2.99. The van der Waals surface area contributed by atoms with Gasteiger partial charge in [0.15, 0.2) is 0 Å². The second kappa shape index (κ2) is 5.93. The van der Waals surface area contributed by atoms with Gasteiger partial charge in [0.05, 0.1) is 11.7 Å². The van der Waals surface area contributed by atoms with E-state index >= 15 is 0 Å². The van der Waals surface area contributed by atoms with Crippen LogP contribution in [0.2, 0.25) is 0 Å². The Hall–Kier alpha value is -2.14. The zero-order chi connectivity index (χ0) is 15.6. The third kappa shape index (κ3) is 3.04. The van der Waals surface area contributed by atoms with Crippen LogP contribution in [0.4, 0.5) is 5.69 Å². The summed E-state index contributed by atoms with van der Waals surface area (Å²) in [6, 6.07) is 9.44. The Morgan fingerprint density at radius 3 is 2.77 bits per heavy atom. The smallest absolute Gasteiger partial charge is 0.242 e. The molecule has 1 saturated heterocycles.